The number of amides is 1. The third kappa shape index (κ3) is 3.42. The monoisotopic (exact) mass is 288 g/mol. The van der Waals surface area contributed by atoms with Gasteiger partial charge in [0.05, 0.1) is 18.0 Å². The minimum absolute atomic E-state index is 0.116. The highest BCUT2D eigenvalue weighted by Gasteiger charge is 2.22. The van der Waals surface area contributed by atoms with Crippen LogP contribution in [0.15, 0.2) is 28.7 Å². The van der Waals surface area contributed by atoms with E-state index in [1.807, 2.05) is 39.0 Å². The van der Waals surface area contributed by atoms with Crippen molar-refractivity contribution in [2.24, 2.45) is 0 Å². The molecule has 0 aliphatic rings. The van der Waals surface area contributed by atoms with E-state index < -0.39 is 0 Å². The molecular formula is C16H20N2O3. The van der Waals surface area contributed by atoms with Gasteiger partial charge in [-0.15, -0.1) is 0 Å². The molecule has 2 rings (SSSR count). The van der Waals surface area contributed by atoms with Crippen molar-refractivity contribution in [2.45, 2.75) is 33.6 Å². The summed E-state index contributed by atoms with van der Waals surface area (Å²) >= 11 is 0. The van der Waals surface area contributed by atoms with E-state index in [0.717, 1.165) is 0 Å². The zero-order valence-corrected chi connectivity index (χ0v) is 12.8. The van der Waals surface area contributed by atoms with Crippen LogP contribution in [0.2, 0.25) is 0 Å². The lowest BCUT2D eigenvalue weighted by atomic mass is 10.1. The molecule has 1 aromatic carbocycles. The zero-order valence-electron chi connectivity index (χ0n) is 12.8. The van der Waals surface area contributed by atoms with Gasteiger partial charge < -0.3 is 14.5 Å². The molecule has 0 radical (unpaired) electrons. The number of hydrogen-bond donors (Lipinski definition) is 1. The van der Waals surface area contributed by atoms with Gasteiger partial charge in [-0.1, -0.05) is 26.0 Å². The maximum absolute atomic E-state index is 12.4. The van der Waals surface area contributed by atoms with Crippen molar-refractivity contribution in [1.29, 1.82) is 0 Å². The predicted octanol–water partition coefficient (Wildman–Crippen LogP) is 3.76. The van der Waals surface area contributed by atoms with Gasteiger partial charge in [0.15, 0.2) is 5.89 Å². The van der Waals surface area contributed by atoms with Crippen LogP contribution < -0.4 is 10.1 Å². The van der Waals surface area contributed by atoms with Crippen molar-refractivity contribution in [1.82, 2.24) is 4.98 Å². The third-order valence-corrected chi connectivity index (χ3v) is 2.95. The predicted molar refractivity (Wildman–Crippen MR) is 80.9 cm³/mol. The van der Waals surface area contributed by atoms with E-state index in [1.165, 1.54) is 0 Å². The van der Waals surface area contributed by atoms with Gasteiger partial charge in [0, 0.05) is 6.92 Å². The molecule has 1 heterocycles. The summed E-state index contributed by atoms with van der Waals surface area (Å²) < 4.78 is 10.9. The van der Waals surface area contributed by atoms with Crippen LogP contribution >= 0.6 is 0 Å². The molecule has 0 spiro atoms. The number of aromatic nitrogens is 1. The van der Waals surface area contributed by atoms with E-state index in [4.69, 9.17) is 9.15 Å². The summed E-state index contributed by atoms with van der Waals surface area (Å²) in [4.78, 5) is 16.7. The Hall–Kier alpha value is -2.30. The number of para-hydroxylation sites is 2. The van der Waals surface area contributed by atoms with Gasteiger partial charge in [0.25, 0.3) is 5.91 Å². The molecule has 0 aliphatic carbocycles. The summed E-state index contributed by atoms with van der Waals surface area (Å²) in [5.74, 6) is 1.18. The normalized spacial score (nSPS) is 10.7. The van der Waals surface area contributed by atoms with Crippen LogP contribution in [-0.2, 0) is 0 Å². The number of anilines is 1. The molecule has 0 unspecified atom stereocenters. The molecule has 0 saturated heterocycles. The smallest absolute Gasteiger partial charge is 0.293 e. The fraction of sp³-hybridized carbons (Fsp3) is 0.375. The number of nitrogens with zero attached hydrogens (tertiary/aromatic N) is 1. The first-order valence-electron chi connectivity index (χ1n) is 7.03. The largest absolute Gasteiger partial charge is 0.492 e. The van der Waals surface area contributed by atoms with Crippen LogP contribution in [0, 0.1) is 6.92 Å². The maximum atomic E-state index is 12.4. The second-order valence-corrected chi connectivity index (χ2v) is 4.99. The average molecular weight is 288 g/mol. The Morgan fingerprint density at radius 2 is 2.10 bits per heavy atom. The average Bonchev–Trinajstić information content (AvgIpc) is 2.84. The van der Waals surface area contributed by atoms with Gasteiger partial charge in [-0.3, -0.25) is 4.79 Å². The maximum Gasteiger partial charge on any atom is 0.293 e. The summed E-state index contributed by atoms with van der Waals surface area (Å²) in [5.41, 5.74) is 1.28. The molecule has 21 heavy (non-hydrogen) atoms. The molecule has 112 valence electrons. The summed E-state index contributed by atoms with van der Waals surface area (Å²) in [7, 11) is 0. The number of aryl methyl sites for hydroxylation is 1. The second kappa shape index (κ2) is 6.43. The molecule has 0 atom stereocenters. The molecule has 0 fully saturated rings. The van der Waals surface area contributed by atoms with E-state index in [-0.39, 0.29) is 17.6 Å². The van der Waals surface area contributed by atoms with Crippen molar-refractivity contribution >= 4 is 11.6 Å². The number of ether oxygens (including phenoxy) is 1. The van der Waals surface area contributed by atoms with Crippen molar-refractivity contribution < 1.29 is 13.9 Å². The molecule has 1 N–H and O–H groups in total. The topological polar surface area (TPSA) is 64.4 Å². The molecule has 0 bridgehead atoms. The first-order valence-corrected chi connectivity index (χ1v) is 7.03. The van der Waals surface area contributed by atoms with E-state index in [2.05, 4.69) is 10.3 Å². The number of hydrogen-bond acceptors (Lipinski definition) is 4. The van der Waals surface area contributed by atoms with Crippen LogP contribution in [-0.4, -0.2) is 17.5 Å². The van der Waals surface area contributed by atoms with Crippen molar-refractivity contribution in [3.8, 4) is 5.75 Å². The molecule has 1 aromatic heterocycles. The number of rotatable bonds is 5. The second-order valence-electron chi connectivity index (χ2n) is 4.99. The first kappa shape index (κ1) is 15.1. The number of oxazole rings is 1. The Morgan fingerprint density at radius 1 is 1.38 bits per heavy atom. The molecule has 5 heteroatoms. The fourth-order valence-corrected chi connectivity index (χ4v) is 2.03. The Balaban J connectivity index is 2.26. The Morgan fingerprint density at radius 3 is 2.76 bits per heavy atom. The summed E-state index contributed by atoms with van der Waals surface area (Å²) in [6.45, 7) is 8.11. The van der Waals surface area contributed by atoms with Crippen LogP contribution in [0.25, 0.3) is 0 Å². The summed E-state index contributed by atoms with van der Waals surface area (Å²) in [5, 5.41) is 2.82. The van der Waals surface area contributed by atoms with Crippen LogP contribution in [0.4, 0.5) is 5.69 Å². The Kier molecular flexibility index (Phi) is 4.62. The molecule has 5 nitrogen and oxygen atoms in total. The van der Waals surface area contributed by atoms with Gasteiger partial charge in [0.2, 0.25) is 5.76 Å². The quantitative estimate of drug-likeness (QED) is 0.909. The standard InChI is InChI=1S/C16H20N2O3/c1-5-20-13-9-7-6-8-12(13)18-16(19)15-14(10(2)3)17-11(4)21-15/h6-10H,5H2,1-4H3,(H,18,19). The highest BCUT2D eigenvalue weighted by atomic mass is 16.5. The highest BCUT2D eigenvalue weighted by Crippen LogP contribution is 2.26. The summed E-state index contributed by atoms with van der Waals surface area (Å²) in [6, 6.07) is 7.31. The third-order valence-electron chi connectivity index (χ3n) is 2.95. The van der Waals surface area contributed by atoms with E-state index in [9.17, 15) is 4.79 Å². The van der Waals surface area contributed by atoms with E-state index >= 15 is 0 Å². The first-order chi connectivity index (χ1) is 10.0. The molecule has 0 aliphatic heterocycles. The van der Waals surface area contributed by atoms with E-state index in [1.54, 1.807) is 13.0 Å². The summed E-state index contributed by atoms with van der Waals surface area (Å²) in [6.07, 6.45) is 0. The van der Waals surface area contributed by atoms with Crippen molar-refractivity contribution in [2.75, 3.05) is 11.9 Å². The van der Waals surface area contributed by atoms with Crippen LogP contribution in [0.1, 0.15) is 48.8 Å². The van der Waals surface area contributed by atoms with Crippen molar-refractivity contribution in [3.05, 3.63) is 41.6 Å². The minimum atomic E-state index is -0.313. The van der Waals surface area contributed by atoms with Gasteiger partial charge in [-0.2, -0.15) is 0 Å². The number of carbonyl (C=O) groups is 1. The molecular weight excluding hydrogens is 268 g/mol. The lowest BCUT2D eigenvalue weighted by Crippen LogP contribution is -2.14. The Labute approximate surface area is 124 Å². The molecule has 2 aromatic rings. The van der Waals surface area contributed by atoms with Gasteiger partial charge in [0.1, 0.15) is 5.75 Å². The molecule has 0 saturated carbocycles. The molecule has 1 amide bonds. The Bertz CT molecular complexity index is 632. The van der Waals surface area contributed by atoms with E-state index in [0.29, 0.717) is 29.6 Å². The van der Waals surface area contributed by atoms with Gasteiger partial charge in [-0.05, 0) is 25.0 Å². The zero-order chi connectivity index (χ0) is 15.4. The number of benzene rings is 1. The van der Waals surface area contributed by atoms with Crippen LogP contribution in [0.3, 0.4) is 0 Å². The lowest BCUT2D eigenvalue weighted by molar-refractivity contribution is 0.0993. The fourth-order valence-electron chi connectivity index (χ4n) is 2.03. The van der Waals surface area contributed by atoms with Crippen molar-refractivity contribution in [3.63, 3.8) is 0 Å². The number of nitrogens with one attached hydrogen (secondary N) is 1. The number of carbonyl (C=O) groups excluding carboxylic acids is 1. The SMILES string of the molecule is CCOc1ccccc1NC(=O)c1oc(C)nc1C(C)C. The lowest BCUT2D eigenvalue weighted by Gasteiger charge is -2.11. The van der Waals surface area contributed by atoms with Gasteiger partial charge >= 0.3 is 0 Å². The van der Waals surface area contributed by atoms with Gasteiger partial charge in [-0.25, -0.2) is 4.98 Å². The highest BCUT2D eigenvalue weighted by molar-refractivity contribution is 6.03. The van der Waals surface area contributed by atoms with Crippen LogP contribution in [0.5, 0.6) is 5.75 Å². The minimum Gasteiger partial charge on any atom is -0.492 e.